The van der Waals surface area contributed by atoms with E-state index in [0.29, 0.717) is 13.2 Å². The largest absolute Gasteiger partial charge is 0.433 e. The molecule has 0 amide bonds. The van der Waals surface area contributed by atoms with Gasteiger partial charge in [0.1, 0.15) is 11.2 Å². The third-order valence-electron chi connectivity index (χ3n) is 6.68. The Morgan fingerprint density at radius 2 is 1.91 bits per heavy atom. The van der Waals surface area contributed by atoms with Crippen molar-refractivity contribution in [3.05, 3.63) is 40.7 Å². The van der Waals surface area contributed by atoms with Crippen LogP contribution in [0.1, 0.15) is 48.5 Å². The van der Waals surface area contributed by atoms with E-state index in [-0.39, 0.29) is 5.56 Å². The summed E-state index contributed by atoms with van der Waals surface area (Å²) in [4.78, 5) is 10.5. The minimum absolute atomic E-state index is 0.147. The number of halogens is 3. The molecule has 1 saturated heterocycles. The molecule has 0 saturated carbocycles. The second-order valence-electron chi connectivity index (χ2n) is 8.53. The van der Waals surface area contributed by atoms with Crippen LogP contribution in [0.3, 0.4) is 0 Å². The summed E-state index contributed by atoms with van der Waals surface area (Å²) in [7, 11) is 0. The Kier molecular flexibility index (Phi) is 4.46. The zero-order valence-electron chi connectivity index (χ0n) is 17.4. The summed E-state index contributed by atoms with van der Waals surface area (Å²) in [5.74, 6) is 0.811. The number of nitrogens with zero attached hydrogens (tertiary/aromatic N) is 3. The Hall–Kier alpha value is -3.01. The molecule has 1 fully saturated rings. The number of H-pyrrole nitrogens is 2. The molecule has 10 heteroatoms. The number of allylic oxidation sites excluding steroid dienone is 1. The fourth-order valence-corrected chi connectivity index (χ4v) is 5.20. The number of aromatic amines is 2. The predicted octanol–water partition coefficient (Wildman–Crippen LogP) is 4.64. The lowest BCUT2D eigenvalue weighted by molar-refractivity contribution is -0.141. The van der Waals surface area contributed by atoms with E-state index in [2.05, 4.69) is 25.4 Å². The molecule has 1 aromatic carbocycles. The number of nitrogens with one attached hydrogen (secondary N) is 3. The van der Waals surface area contributed by atoms with Gasteiger partial charge in [0.2, 0.25) is 5.95 Å². The first-order chi connectivity index (χ1) is 15.5. The van der Waals surface area contributed by atoms with E-state index in [1.165, 1.54) is 6.20 Å². The number of aromatic nitrogens is 4. The topological polar surface area (TPSA) is 81.9 Å². The van der Waals surface area contributed by atoms with E-state index in [4.69, 9.17) is 9.72 Å². The summed E-state index contributed by atoms with van der Waals surface area (Å²) in [6.45, 7) is 2.88. The molecule has 1 unspecified atom stereocenters. The first kappa shape index (κ1) is 19.7. The van der Waals surface area contributed by atoms with Gasteiger partial charge in [-0.2, -0.15) is 18.3 Å². The molecule has 2 aromatic heterocycles. The molecule has 32 heavy (non-hydrogen) atoms. The molecule has 4 heterocycles. The average Bonchev–Trinajstić information content (AvgIpc) is 3.46. The second kappa shape index (κ2) is 7.26. The van der Waals surface area contributed by atoms with Gasteiger partial charge in [0.05, 0.1) is 31.0 Å². The summed E-state index contributed by atoms with van der Waals surface area (Å²) >= 11 is 0. The van der Waals surface area contributed by atoms with Crippen molar-refractivity contribution in [1.29, 1.82) is 0 Å². The molecule has 1 atom stereocenters. The Balaban J connectivity index is 1.49. The third-order valence-corrected chi connectivity index (χ3v) is 6.68. The van der Waals surface area contributed by atoms with Crippen molar-refractivity contribution in [2.45, 2.75) is 37.9 Å². The molecule has 3 aliphatic rings. The Morgan fingerprint density at radius 3 is 2.72 bits per heavy atom. The lowest BCUT2D eigenvalue weighted by Gasteiger charge is -2.35. The molecule has 1 aliphatic carbocycles. The number of anilines is 2. The zero-order valence-corrected chi connectivity index (χ0v) is 17.4. The van der Waals surface area contributed by atoms with Gasteiger partial charge < -0.3 is 19.9 Å². The SMILES string of the molecule is FC(F)(F)c1[nH]ncc1C1Nc2ccc3[nH]c(N4CCOCC4)nc3c2C2=C1CCCC2. The number of ether oxygens (including phenoxy) is 1. The molecule has 0 spiro atoms. The van der Waals surface area contributed by atoms with E-state index in [1.807, 2.05) is 12.1 Å². The van der Waals surface area contributed by atoms with Crippen LogP contribution in [0.4, 0.5) is 24.8 Å². The van der Waals surface area contributed by atoms with Gasteiger partial charge in [0.25, 0.3) is 0 Å². The second-order valence-corrected chi connectivity index (χ2v) is 8.53. The van der Waals surface area contributed by atoms with Gasteiger partial charge >= 0.3 is 6.18 Å². The van der Waals surface area contributed by atoms with Gasteiger partial charge in [-0.3, -0.25) is 5.10 Å². The Morgan fingerprint density at radius 1 is 1.09 bits per heavy atom. The highest BCUT2D eigenvalue weighted by molar-refractivity contribution is 5.99. The number of hydrogen-bond acceptors (Lipinski definition) is 5. The summed E-state index contributed by atoms with van der Waals surface area (Å²) in [6, 6.07) is 3.34. The Bertz CT molecular complexity index is 1200. The molecule has 3 aromatic rings. The molecule has 2 aliphatic heterocycles. The van der Waals surface area contributed by atoms with Crippen LogP contribution in [-0.4, -0.2) is 46.5 Å². The van der Waals surface area contributed by atoms with Crippen LogP contribution >= 0.6 is 0 Å². The molecular formula is C22H23F3N6O. The molecule has 6 rings (SSSR count). The highest BCUT2D eigenvalue weighted by Crippen LogP contribution is 2.50. The van der Waals surface area contributed by atoms with E-state index in [9.17, 15) is 13.2 Å². The highest BCUT2D eigenvalue weighted by Gasteiger charge is 2.40. The lowest BCUT2D eigenvalue weighted by atomic mass is 9.78. The summed E-state index contributed by atoms with van der Waals surface area (Å²) in [6.07, 6.45) is 0.377. The highest BCUT2D eigenvalue weighted by atomic mass is 19.4. The van der Waals surface area contributed by atoms with Gasteiger partial charge in [-0.05, 0) is 49.0 Å². The molecule has 0 radical (unpaired) electrons. The third kappa shape index (κ3) is 3.08. The normalized spacial score (nSPS) is 21.5. The molecule has 0 bridgehead atoms. The summed E-state index contributed by atoms with van der Waals surface area (Å²) in [5.41, 5.74) is 5.13. The molecular weight excluding hydrogens is 421 g/mol. The van der Waals surface area contributed by atoms with Gasteiger partial charge in [0.15, 0.2) is 0 Å². The first-order valence-electron chi connectivity index (χ1n) is 11.0. The lowest BCUT2D eigenvalue weighted by Crippen LogP contribution is -2.36. The van der Waals surface area contributed by atoms with Crippen molar-refractivity contribution in [1.82, 2.24) is 20.2 Å². The van der Waals surface area contributed by atoms with E-state index >= 15 is 0 Å². The maximum atomic E-state index is 13.6. The van der Waals surface area contributed by atoms with Crippen LogP contribution in [0, 0.1) is 0 Å². The smallest absolute Gasteiger partial charge is 0.378 e. The maximum absolute atomic E-state index is 13.6. The van der Waals surface area contributed by atoms with Crippen molar-refractivity contribution in [3.8, 4) is 0 Å². The van der Waals surface area contributed by atoms with Crippen LogP contribution in [0.25, 0.3) is 16.6 Å². The van der Waals surface area contributed by atoms with Crippen molar-refractivity contribution in [2.75, 3.05) is 36.5 Å². The van der Waals surface area contributed by atoms with Crippen LogP contribution in [0.15, 0.2) is 23.9 Å². The number of imidazole rings is 1. The maximum Gasteiger partial charge on any atom is 0.433 e. The molecule has 3 N–H and O–H groups in total. The van der Waals surface area contributed by atoms with Gasteiger partial charge in [-0.25, -0.2) is 4.98 Å². The number of alkyl halides is 3. The van der Waals surface area contributed by atoms with Crippen LogP contribution in [0.5, 0.6) is 0 Å². The minimum atomic E-state index is -4.48. The minimum Gasteiger partial charge on any atom is -0.378 e. The van der Waals surface area contributed by atoms with Crippen LogP contribution < -0.4 is 10.2 Å². The number of benzene rings is 1. The van der Waals surface area contributed by atoms with E-state index in [1.54, 1.807) is 0 Å². The zero-order chi connectivity index (χ0) is 21.9. The number of morpholine rings is 1. The van der Waals surface area contributed by atoms with Gasteiger partial charge in [-0.15, -0.1) is 0 Å². The van der Waals surface area contributed by atoms with Crippen molar-refractivity contribution in [3.63, 3.8) is 0 Å². The van der Waals surface area contributed by atoms with Crippen LogP contribution in [0.2, 0.25) is 0 Å². The van der Waals surface area contributed by atoms with Crippen molar-refractivity contribution in [2.24, 2.45) is 0 Å². The van der Waals surface area contributed by atoms with Crippen molar-refractivity contribution < 1.29 is 17.9 Å². The van der Waals surface area contributed by atoms with Gasteiger partial charge in [0, 0.05) is 29.9 Å². The first-order valence-corrected chi connectivity index (χ1v) is 11.0. The fourth-order valence-electron chi connectivity index (χ4n) is 5.20. The molecule has 7 nitrogen and oxygen atoms in total. The number of fused-ring (bicyclic) bond motifs is 4. The predicted molar refractivity (Wildman–Crippen MR) is 114 cm³/mol. The quantitative estimate of drug-likeness (QED) is 0.537. The summed E-state index contributed by atoms with van der Waals surface area (Å²) < 4.78 is 46.3. The standard InChI is InChI=1S/C22H23F3N6O/c23-22(24,25)20-14(11-26-30-20)18-13-4-2-1-3-12(13)17-15(27-18)5-6-16-19(17)29-21(28-16)31-7-9-32-10-8-31/h5-6,11,18,27H,1-4,7-10H2,(H,26,30)(H,28,29). The number of rotatable bonds is 2. The number of hydrogen-bond donors (Lipinski definition) is 3. The van der Waals surface area contributed by atoms with Crippen LogP contribution in [-0.2, 0) is 10.9 Å². The average molecular weight is 444 g/mol. The van der Waals surface area contributed by atoms with Crippen molar-refractivity contribution >= 4 is 28.2 Å². The fraction of sp³-hybridized carbons (Fsp3) is 0.455. The van der Waals surface area contributed by atoms with E-state index < -0.39 is 17.9 Å². The van der Waals surface area contributed by atoms with E-state index in [0.717, 1.165) is 78.2 Å². The summed E-state index contributed by atoms with van der Waals surface area (Å²) in [5, 5.41) is 9.27. The molecule has 168 valence electrons. The monoisotopic (exact) mass is 444 g/mol. The van der Waals surface area contributed by atoms with Gasteiger partial charge in [-0.1, -0.05) is 0 Å². The Labute approximate surface area is 182 Å².